The second-order valence-corrected chi connectivity index (χ2v) is 5.31. The molecule has 1 heterocycles. The summed E-state index contributed by atoms with van der Waals surface area (Å²) in [6, 6.07) is 11.3. The largest absolute Gasteiger partial charge is 0.418 e. The van der Waals surface area contributed by atoms with Gasteiger partial charge in [-0.15, -0.1) is 0 Å². The number of nitrogens with one attached hydrogen (secondary N) is 1. The quantitative estimate of drug-likeness (QED) is 0.659. The van der Waals surface area contributed by atoms with Crippen LogP contribution < -0.4 is 0 Å². The third kappa shape index (κ3) is 2.63. The number of alkyl halides is 3. The van der Waals surface area contributed by atoms with E-state index in [9.17, 15) is 18.0 Å². The Bertz CT molecular complexity index is 860. The van der Waals surface area contributed by atoms with Crippen molar-refractivity contribution in [3.05, 3.63) is 59.2 Å². The minimum Gasteiger partial charge on any atom is -0.353 e. The van der Waals surface area contributed by atoms with E-state index < -0.39 is 11.7 Å². The van der Waals surface area contributed by atoms with E-state index in [1.807, 2.05) is 31.2 Å². The van der Waals surface area contributed by atoms with Crippen molar-refractivity contribution in [2.75, 3.05) is 0 Å². The van der Waals surface area contributed by atoms with Crippen LogP contribution in [0, 0.1) is 0 Å². The second kappa shape index (κ2) is 5.57. The Kier molecular flexibility index (Phi) is 3.72. The molecular weight excluding hydrogens is 303 g/mol. The lowest BCUT2D eigenvalue weighted by Gasteiger charge is -2.07. The van der Waals surface area contributed by atoms with Gasteiger partial charge in [0.05, 0.1) is 16.8 Å². The van der Waals surface area contributed by atoms with Gasteiger partial charge in [-0.2, -0.15) is 13.2 Å². The molecule has 0 saturated heterocycles. The molecule has 3 rings (SSSR count). The first-order valence-electron chi connectivity index (χ1n) is 7.22. The topological polar surface area (TPSA) is 32.9 Å². The number of aromatic nitrogens is 1. The van der Waals surface area contributed by atoms with E-state index >= 15 is 0 Å². The van der Waals surface area contributed by atoms with Crippen LogP contribution in [0.3, 0.4) is 0 Å². The number of hydrogen-bond acceptors (Lipinski definition) is 1. The fourth-order valence-electron chi connectivity index (χ4n) is 2.73. The van der Waals surface area contributed by atoms with Crippen LogP contribution in [0.4, 0.5) is 13.2 Å². The predicted octanol–water partition coefficient (Wildman–Crippen LogP) is 5.23. The van der Waals surface area contributed by atoms with Crippen molar-refractivity contribution in [2.24, 2.45) is 0 Å². The fraction of sp³-hybridized carbons (Fsp3) is 0.167. The first-order valence-corrected chi connectivity index (χ1v) is 7.22. The number of benzene rings is 2. The van der Waals surface area contributed by atoms with Crippen molar-refractivity contribution in [3.63, 3.8) is 0 Å². The summed E-state index contributed by atoms with van der Waals surface area (Å²) in [5, 5.41) is 0.282. The second-order valence-electron chi connectivity index (χ2n) is 5.31. The number of para-hydroxylation sites is 1. The van der Waals surface area contributed by atoms with Gasteiger partial charge in [-0.3, -0.25) is 4.79 Å². The first kappa shape index (κ1) is 15.3. The number of carbonyl (C=O) groups excluding carboxylic acids is 1. The third-order valence-corrected chi connectivity index (χ3v) is 3.95. The Balaban J connectivity index is 2.26. The highest BCUT2D eigenvalue weighted by atomic mass is 19.4. The molecule has 0 unspecified atom stereocenters. The van der Waals surface area contributed by atoms with Crippen molar-refractivity contribution >= 4 is 17.2 Å². The number of fused-ring (bicyclic) bond motifs is 1. The molecule has 2 aromatic carbocycles. The molecule has 0 amide bonds. The zero-order valence-corrected chi connectivity index (χ0v) is 12.4. The van der Waals surface area contributed by atoms with Crippen molar-refractivity contribution in [1.82, 2.24) is 4.98 Å². The van der Waals surface area contributed by atoms with Gasteiger partial charge >= 0.3 is 6.18 Å². The van der Waals surface area contributed by atoms with Crippen molar-refractivity contribution in [2.45, 2.75) is 19.5 Å². The fourth-order valence-corrected chi connectivity index (χ4v) is 2.73. The Morgan fingerprint density at radius 3 is 2.35 bits per heavy atom. The van der Waals surface area contributed by atoms with Crippen LogP contribution in [-0.2, 0) is 12.6 Å². The van der Waals surface area contributed by atoms with E-state index in [1.54, 1.807) is 0 Å². The molecule has 23 heavy (non-hydrogen) atoms. The molecule has 0 bridgehead atoms. The molecule has 0 aliphatic rings. The monoisotopic (exact) mass is 317 g/mol. The molecule has 0 aliphatic heterocycles. The Labute approximate surface area is 130 Å². The Morgan fingerprint density at radius 2 is 1.78 bits per heavy atom. The number of halogens is 3. The molecule has 1 aromatic heterocycles. The van der Waals surface area contributed by atoms with Gasteiger partial charge in [0.2, 0.25) is 0 Å². The van der Waals surface area contributed by atoms with Crippen LogP contribution in [-0.4, -0.2) is 11.3 Å². The van der Waals surface area contributed by atoms with Crippen LogP contribution >= 0.6 is 0 Å². The molecule has 118 valence electrons. The SMILES string of the molecule is CCc1ccc(-c2[nH]c3c(C(F)(F)F)cccc3c2C=O)cc1. The Hall–Kier alpha value is -2.56. The summed E-state index contributed by atoms with van der Waals surface area (Å²) in [5.41, 5.74) is 1.64. The van der Waals surface area contributed by atoms with Gasteiger partial charge < -0.3 is 4.98 Å². The maximum Gasteiger partial charge on any atom is 0.418 e. The van der Waals surface area contributed by atoms with Crippen molar-refractivity contribution in [3.8, 4) is 11.3 Å². The number of aldehydes is 1. The summed E-state index contributed by atoms with van der Waals surface area (Å²) in [5.74, 6) is 0. The minimum atomic E-state index is -4.48. The highest BCUT2D eigenvalue weighted by Gasteiger charge is 2.33. The molecule has 0 aliphatic carbocycles. The minimum absolute atomic E-state index is 0.0586. The molecule has 0 radical (unpaired) electrons. The normalized spacial score (nSPS) is 11.8. The first-order chi connectivity index (χ1) is 11.0. The summed E-state index contributed by atoms with van der Waals surface area (Å²) in [4.78, 5) is 14.3. The molecule has 5 heteroatoms. The zero-order valence-electron chi connectivity index (χ0n) is 12.4. The van der Waals surface area contributed by atoms with E-state index in [0.29, 0.717) is 17.5 Å². The predicted molar refractivity (Wildman–Crippen MR) is 83.5 cm³/mol. The molecule has 0 atom stereocenters. The maximum absolute atomic E-state index is 13.2. The van der Waals surface area contributed by atoms with Crippen LogP contribution in [0.15, 0.2) is 42.5 Å². The lowest BCUT2D eigenvalue weighted by atomic mass is 10.0. The number of aryl methyl sites for hydroxylation is 1. The van der Waals surface area contributed by atoms with Crippen molar-refractivity contribution < 1.29 is 18.0 Å². The molecule has 0 spiro atoms. The Morgan fingerprint density at radius 1 is 1.09 bits per heavy atom. The van der Waals surface area contributed by atoms with E-state index in [1.165, 1.54) is 12.1 Å². The summed E-state index contributed by atoms with van der Waals surface area (Å²) >= 11 is 0. The molecular formula is C18H14F3NO. The summed E-state index contributed by atoms with van der Waals surface area (Å²) < 4.78 is 39.5. The number of aromatic amines is 1. The number of rotatable bonds is 3. The van der Waals surface area contributed by atoms with Crippen LogP contribution in [0.2, 0.25) is 0 Å². The van der Waals surface area contributed by atoms with Gasteiger partial charge in [0.1, 0.15) is 0 Å². The maximum atomic E-state index is 13.2. The molecule has 0 fully saturated rings. The van der Waals surface area contributed by atoms with E-state index in [0.717, 1.165) is 18.1 Å². The average Bonchev–Trinajstić information content (AvgIpc) is 2.92. The van der Waals surface area contributed by atoms with Crippen LogP contribution in [0.25, 0.3) is 22.2 Å². The third-order valence-electron chi connectivity index (χ3n) is 3.95. The van der Waals surface area contributed by atoms with Gasteiger partial charge in [0, 0.05) is 10.9 Å². The van der Waals surface area contributed by atoms with E-state index in [4.69, 9.17) is 0 Å². The standard InChI is InChI=1S/C18H14F3NO/c1-2-11-6-8-12(9-7-11)16-14(10-23)13-4-3-5-15(17(13)22-16)18(19,20)21/h3-10,22H,2H2,1H3. The lowest BCUT2D eigenvalue weighted by Crippen LogP contribution is -2.05. The highest BCUT2D eigenvalue weighted by Crippen LogP contribution is 2.38. The van der Waals surface area contributed by atoms with Gasteiger partial charge in [0.25, 0.3) is 0 Å². The summed E-state index contributed by atoms with van der Waals surface area (Å²) in [7, 11) is 0. The number of hydrogen-bond donors (Lipinski definition) is 1. The zero-order chi connectivity index (χ0) is 16.6. The number of carbonyl (C=O) groups is 1. The van der Waals surface area contributed by atoms with Crippen LogP contribution in [0.1, 0.15) is 28.4 Å². The molecule has 3 aromatic rings. The smallest absolute Gasteiger partial charge is 0.353 e. The van der Waals surface area contributed by atoms with Gasteiger partial charge in [-0.1, -0.05) is 43.3 Å². The van der Waals surface area contributed by atoms with Gasteiger partial charge in [-0.25, -0.2) is 0 Å². The molecule has 2 nitrogen and oxygen atoms in total. The van der Waals surface area contributed by atoms with E-state index in [-0.39, 0.29) is 16.5 Å². The van der Waals surface area contributed by atoms with E-state index in [2.05, 4.69) is 4.98 Å². The summed E-state index contributed by atoms with van der Waals surface area (Å²) in [6.07, 6.45) is -3.01. The number of H-pyrrole nitrogens is 1. The molecule has 0 saturated carbocycles. The highest BCUT2D eigenvalue weighted by molar-refractivity contribution is 6.05. The van der Waals surface area contributed by atoms with Gasteiger partial charge in [-0.05, 0) is 23.6 Å². The van der Waals surface area contributed by atoms with Crippen LogP contribution in [0.5, 0.6) is 0 Å². The van der Waals surface area contributed by atoms with Crippen molar-refractivity contribution in [1.29, 1.82) is 0 Å². The lowest BCUT2D eigenvalue weighted by molar-refractivity contribution is -0.136. The molecule has 1 N–H and O–H groups in total. The van der Waals surface area contributed by atoms with Gasteiger partial charge in [0.15, 0.2) is 6.29 Å². The summed E-state index contributed by atoms with van der Waals surface area (Å²) in [6.45, 7) is 2.02. The average molecular weight is 317 g/mol.